The largest absolute Gasteiger partial charge is 0.464 e. The number of aromatic nitrogens is 1. The summed E-state index contributed by atoms with van der Waals surface area (Å²) in [6.07, 6.45) is 2.79. The highest BCUT2D eigenvalue weighted by atomic mass is 16.6. The fraction of sp³-hybridized carbons (Fsp3) is 0.400. The van der Waals surface area contributed by atoms with Crippen LogP contribution in [0.4, 0.5) is 0 Å². The standard InChI is InChI=1S/C10H11NO3/c1-2-13-10(12)9-8(14-9)7-4-3-5-11-6-7/h3-6,8-9H,2H2,1H3. The van der Waals surface area contributed by atoms with Gasteiger partial charge in [0.25, 0.3) is 0 Å². The van der Waals surface area contributed by atoms with Gasteiger partial charge >= 0.3 is 5.97 Å². The summed E-state index contributed by atoms with van der Waals surface area (Å²) in [5, 5.41) is 0. The van der Waals surface area contributed by atoms with E-state index in [0.717, 1.165) is 5.56 Å². The van der Waals surface area contributed by atoms with E-state index in [9.17, 15) is 4.79 Å². The number of hydrogen-bond acceptors (Lipinski definition) is 4. The Morgan fingerprint density at radius 2 is 2.57 bits per heavy atom. The summed E-state index contributed by atoms with van der Waals surface area (Å²) in [7, 11) is 0. The second-order valence-electron chi connectivity index (χ2n) is 3.02. The number of carbonyl (C=O) groups excluding carboxylic acids is 1. The van der Waals surface area contributed by atoms with E-state index in [2.05, 4.69) is 4.98 Å². The highest BCUT2D eigenvalue weighted by Crippen LogP contribution is 2.38. The first kappa shape index (κ1) is 9.15. The summed E-state index contributed by atoms with van der Waals surface area (Å²) in [4.78, 5) is 15.2. The summed E-state index contributed by atoms with van der Waals surface area (Å²) in [6, 6.07) is 3.70. The average Bonchev–Trinajstić information content (AvgIpc) is 2.99. The molecule has 1 fully saturated rings. The van der Waals surface area contributed by atoms with Crippen LogP contribution in [0.15, 0.2) is 24.5 Å². The van der Waals surface area contributed by atoms with Crippen molar-refractivity contribution < 1.29 is 14.3 Å². The maximum absolute atomic E-state index is 11.2. The third-order valence-corrected chi connectivity index (χ3v) is 2.02. The molecule has 2 heterocycles. The third kappa shape index (κ3) is 1.75. The topological polar surface area (TPSA) is 51.7 Å². The molecule has 2 unspecified atom stereocenters. The van der Waals surface area contributed by atoms with Gasteiger partial charge in [0, 0.05) is 18.0 Å². The predicted octanol–water partition coefficient (Wildman–Crippen LogP) is 1.08. The molecule has 0 N–H and O–H groups in total. The first-order chi connectivity index (χ1) is 6.83. The Kier molecular flexibility index (Phi) is 2.45. The Hall–Kier alpha value is -1.42. The van der Waals surface area contributed by atoms with Gasteiger partial charge in [0.15, 0.2) is 6.10 Å². The van der Waals surface area contributed by atoms with Crippen LogP contribution < -0.4 is 0 Å². The van der Waals surface area contributed by atoms with Crippen molar-refractivity contribution in [1.82, 2.24) is 4.98 Å². The number of rotatable bonds is 3. The summed E-state index contributed by atoms with van der Waals surface area (Å²) >= 11 is 0. The number of hydrogen-bond donors (Lipinski definition) is 0. The maximum atomic E-state index is 11.2. The number of esters is 1. The van der Waals surface area contributed by atoms with Gasteiger partial charge in [-0.15, -0.1) is 0 Å². The second-order valence-corrected chi connectivity index (χ2v) is 3.02. The van der Waals surface area contributed by atoms with Crippen molar-refractivity contribution in [2.24, 2.45) is 0 Å². The van der Waals surface area contributed by atoms with Crippen molar-refractivity contribution in [1.29, 1.82) is 0 Å². The molecule has 0 aromatic carbocycles. The van der Waals surface area contributed by atoms with Crippen molar-refractivity contribution in [3.8, 4) is 0 Å². The van der Waals surface area contributed by atoms with E-state index in [1.807, 2.05) is 12.1 Å². The normalized spacial score (nSPS) is 24.4. The molecule has 1 aliphatic heterocycles. The van der Waals surface area contributed by atoms with Crippen LogP contribution in [-0.2, 0) is 14.3 Å². The number of pyridine rings is 1. The van der Waals surface area contributed by atoms with Crippen LogP contribution in [0, 0.1) is 0 Å². The van der Waals surface area contributed by atoms with Gasteiger partial charge in [-0.1, -0.05) is 6.07 Å². The molecule has 0 amide bonds. The Bertz CT molecular complexity index is 325. The molecule has 0 radical (unpaired) electrons. The van der Waals surface area contributed by atoms with Crippen molar-refractivity contribution in [2.45, 2.75) is 19.1 Å². The smallest absolute Gasteiger partial charge is 0.338 e. The molecule has 2 rings (SSSR count). The molecule has 0 bridgehead atoms. The molecule has 1 aromatic rings. The first-order valence-corrected chi connectivity index (χ1v) is 4.55. The summed E-state index contributed by atoms with van der Waals surface area (Å²) in [5.41, 5.74) is 0.922. The van der Waals surface area contributed by atoms with Gasteiger partial charge in [-0.3, -0.25) is 4.98 Å². The van der Waals surface area contributed by atoms with Crippen LogP contribution in [0.1, 0.15) is 18.6 Å². The van der Waals surface area contributed by atoms with E-state index < -0.39 is 6.10 Å². The van der Waals surface area contributed by atoms with E-state index in [1.165, 1.54) is 0 Å². The molecular formula is C10H11NO3. The minimum Gasteiger partial charge on any atom is -0.464 e. The fourth-order valence-corrected chi connectivity index (χ4v) is 1.31. The molecule has 0 saturated carbocycles. The van der Waals surface area contributed by atoms with Gasteiger partial charge in [0.1, 0.15) is 6.10 Å². The zero-order valence-corrected chi connectivity index (χ0v) is 7.84. The third-order valence-electron chi connectivity index (χ3n) is 2.02. The predicted molar refractivity (Wildman–Crippen MR) is 48.5 cm³/mol. The van der Waals surface area contributed by atoms with E-state index in [-0.39, 0.29) is 12.1 Å². The lowest BCUT2D eigenvalue weighted by Crippen LogP contribution is -2.11. The van der Waals surface area contributed by atoms with Crippen molar-refractivity contribution >= 4 is 5.97 Å². The molecule has 4 heteroatoms. The molecule has 1 aliphatic rings. The molecule has 1 aromatic heterocycles. The first-order valence-electron chi connectivity index (χ1n) is 4.55. The van der Waals surface area contributed by atoms with Gasteiger partial charge in [-0.2, -0.15) is 0 Å². The second kappa shape index (κ2) is 3.75. The molecule has 4 nitrogen and oxygen atoms in total. The highest BCUT2D eigenvalue weighted by Gasteiger charge is 2.47. The molecule has 2 atom stereocenters. The van der Waals surface area contributed by atoms with E-state index in [4.69, 9.17) is 9.47 Å². The zero-order valence-electron chi connectivity index (χ0n) is 7.84. The summed E-state index contributed by atoms with van der Waals surface area (Å²) in [6.45, 7) is 2.16. The fourth-order valence-electron chi connectivity index (χ4n) is 1.31. The van der Waals surface area contributed by atoms with Gasteiger partial charge in [0.2, 0.25) is 0 Å². The lowest BCUT2D eigenvalue weighted by molar-refractivity contribution is -0.144. The highest BCUT2D eigenvalue weighted by molar-refractivity contribution is 5.78. The average molecular weight is 193 g/mol. The van der Waals surface area contributed by atoms with Crippen LogP contribution >= 0.6 is 0 Å². The monoisotopic (exact) mass is 193 g/mol. The van der Waals surface area contributed by atoms with E-state index in [0.29, 0.717) is 6.61 Å². The van der Waals surface area contributed by atoms with E-state index in [1.54, 1.807) is 19.3 Å². The molecule has 0 spiro atoms. The minimum atomic E-state index is -0.431. The van der Waals surface area contributed by atoms with Crippen LogP contribution in [0.25, 0.3) is 0 Å². The Labute approximate surface area is 81.9 Å². The lowest BCUT2D eigenvalue weighted by atomic mass is 10.2. The van der Waals surface area contributed by atoms with E-state index >= 15 is 0 Å². The number of ether oxygens (including phenoxy) is 2. The van der Waals surface area contributed by atoms with Crippen molar-refractivity contribution in [3.63, 3.8) is 0 Å². The zero-order chi connectivity index (χ0) is 9.97. The molecule has 14 heavy (non-hydrogen) atoms. The molecular weight excluding hydrogens is 182 g/mol. The van der Waals surface area contributed by atoms with Gasteiger partial charge in [-0.05, 0) is 13.0 Å². The van der Waals surface area contributed by atoms with Gasteiger partial charge < -0.3 is 9.47 Å². The molecule has 0 aliphatic carbocycles. The van der Waals surface area contributed by atoms with Gasteiger partial charge in [0.05, 0.1) is 6.61 Å². The Morgan fingerprint density at radius 3 is 3.21 bits per heavy atom. The Balaban J connectivity index is 1.96. The van der Waals surface area contributed by atoms with Crippen molar-refractivity contribution in [2.75, 3.05) is 6.61 Å². The Morgan fingerprint density at radius 1 is 1.71 bits per heavy atom. The number of nitrogens with zero attached hydrogens (tertiary/aromatic N) is 1. The number of carbonyl (C=O) groups is 1. The van der Waals surface area contributed by atoms with Crippen LogP contribution in [-0.4, -0.2) is 23.7 Å². The number of epoxide rings is 1. The van der Waals surface area contributed by atoms with Crippen LogP contribution in [0.3, 0.4) is 0 Å². The SMILES string of the molecule is CCOC(=O)C1OC1c1cccnc1. The van der Waals surface area contributed by atoms with Crippen molar-refractivity contribution in [3.05, 3.63) is 30.1 Å². The molecule has 1 saturated heterocycles. The minimum absolute atomic E-state index is 0.164. The summed E-state index contributed by atoms with van der Waals surface area (Å²) < 4.78 is 10.0. The van der Waals surface area contributed by atoms with Crippen LogP contribution in [0.5, 0.6) is 0 Å². The lowest BCUT2D eigenvalue weighted by Gasteiger charge is -1.96. The molecule has 74 valence electrons. The quantitative estimate of drug-likeness (QED) is 0.532. The summed E-state index contributed by atoms with van der Waals surface area (Å²) in [5.74, 6) is -0.290. The van der Waals surface area contributed by atoms with Crippen LogP contribution in [0.2, 0.25) is 0 Å². The maximum Gasteiger partial charge on any atom is 0.338 e. The van der Waals surface area contributed by atoms with Gasteiger partial charge in [-0.25, -0.2) is 4.79 Å².